The zero-order chi connectivity index (χ0) is 16.7. The fourth-order valence-corrected chi connectivity index (χ4v) is 3.68. The van der Waals surface area contributed by atoms with Crippen LogP contribution in [0, 0.1) is 6.92 Å². The van der Waals surface area contributed by atoms with Gasteiger partial charge in [-0.3, -0.25) is 0 Å². The van der Waals surface area contributed by atoms with Crippen LogP contribution in [0.5, 0.6) is 0 Å². The zero-order valence-electron chi connectivity index (χ0n) is 13.1. The van der Waals surface area contributed by atoms with E-state index in [0.717, 1.165) is 34.3 Å². The molecule has 0 unspecified atom stereocenters. The van der Waals surface area contributed by atoms with Crippen molar-refractivity contribution in [2.24, 2.45) is 0 Å². The van der Waals surface area contributed by atoms with E-state index in [-0.39, 0.29) is 5.76 Å². The number of hydrogen-bond donors (Lipinski definition) is 1. The molecule has 2 aromatic heterocycles. The predicted octanol–water partition coefficient (Wildman–Crippen LogP) is 4.83. The molecule has 0 aliphatic heterocycles. The molecule has 0 saturated carbocycles. The molecule has 1 N–H and O–H groups in total. The molecule has 120 valence electrons. The standard InChI is InChI=1S/C19H15NO3S/c1-11-20-15-8-12(5-7-18(15)24-11)2-3-13-4-6-14-10-17(19(21)22)23-16(14)9-13/h4-10H,2-3H2,1H3,(H,21,22). The van der Waals surface area contributed by atoms with E-state index in [9.17, 15) is 4.79 Å². The quantitative estimate of drug-likeness (QED) is 0.579. The summed E-state index contributed by atoms with van der Waals surface area (Å²) in [5.74, 6) is -1.06. The zero-order valence-corrected chi connectivity index (χ0v) is 13.9. The third-order valence-corrected chi connectivity index (χ3v) is 5.01. The minimum absolute atomic E-state index is 0.0218. The van der Waals surface area contributed by atoms with E-state index >= 15 is 0 Å². The molecule has 0 bridgehead atoms. The Hall–Kier alpha value is -2.66. The number of thiazole rings is 1. The van der Waals surface area contributed by atoms with Crippen molar-refractivity contribution in [3.8, 4) is 0 Å². The first kappa shape index (κ1) is 14.9. The van der Waals surface area contributed by atoms with E-state index in [1.54, 1.807) is 17.4 Å². The second kappa shape index (κ2) is 5.76. The molecule has 2 aromatic carbocycles. The van der Waals surface area contributed by atoms with Crippen LogP contribution in [0.2, 0.25) is 0 Å². The highest BCUT2D eigenvalue weighted by Gasteiger charge is 2.10. The Kier molecular flexibility index (Phi) is 3.58. The van der Waals surface area contributed by atoms with Crippen LogP contribution in [0.3, 0.4) is 0 Å². The number of aromatic nitrogens is 1. The van der Waals surface area contributed by atoms with Crippen LogP contribution in [0.15, 0.2) is 46.9 Å². The second-order valence-electron chi connectivity index (χ2n) is 5.82. The number of aryl methyl sites for hydroxylation is 3. The van der Waals surface area contributed by atoms with Gasteiger partial charge in [0.2, 0.25) is 5.76 Å². The SMILES string of the molecule is Cc1nc2cc(CCc3ccc4cc(C(=O)O)oc4c3)ccc2s1. The van der Waals surface area contributed by atoms with E-state index < -0.39 is 5.97 Å². The Morgan fingerprint density at radius 1 is 1.12 bits per heavy atom. The summed E-state index contributed by atoms with van der Waals surface area (Å²) in [6, 6.07) is 13.8. The van der Waals surface area contributed by atoms with Gasteiger partial charge in [-0.05, 0) is 55.2 Å². The summed E-state index contributed by atoms with van der Waals surface area (Å²) in [5.41, 5.74) is 4.06. The number of rotatable bonds is 4. The van der Waals surface area contributed by atoms with Crippen molar-refractivity contribution in [2.75, 3.05) is 0 Å². The molecule has 24 heavy (non-hydrogen) atoms. The van der Waals surface area contributed by atoms with Crippen LogP contribution >= 0.6 is 11.3 Å². The number of carboxylic acid groups (broad SMARTS) is 1. The molecular weight excluding hydrogens is 322 g/mol. The van der Waals surface area contributed by atoms with Crippen molar-refractivity contribution < 1.29 is 14.3 Å². The van der Waals surface area contributed by atoms with Crippen LogP contribution < -0.4 is 0 Å². The van der Waals surface area contributed by atoms with E-state index in [0.29, 0.717) is 5.58 Å². The Morgan fingerprint density at radius 2 is 1.88 bits per heavy atom. The predicted molar refractivity (Wildman–Crippen MR) is 94.9 cm³/mol. The largest absolute Gasteiger partial charge is 0.475 e. The lowest BCUT2D eigenvalue weighted by atomic mass is 10.0. The van der Waals surface area contributed by atoms with Crippen LogP contribution in [0.25, 0.3) is 21.2 Å². The molecular formula is C19H15NO3S. The number of carbonyl (C=O) groups is 1. The minimum Gasteiger partial charge on any atom is -0.475 e. The van der Waals surface area contributed by atoms with Crippen LogP contribution in [0.1, 0.15) is 26.7 Å². The van der Waals surface area contributed by atoms with Gasteiger partial charge < -0.3 is 9.52 Å². The van der Waals surface area contributed by atoms with E-state index in [4.69, 9.17) is 9.52 Å². The Labute approximate surface area is 142 Å². The van der Waals surface area contributed by atoms with E-state index in [1.165, 1.54) is 10.3 Å². The molecule has 0 aliphatic rings. The van der Waals surface area contributed by atoms with Gasteiger partial charge in [0, 0.05) is 5.39 Å². The third-order valence-electron chi connectivity index (χ3n) is 4.06. The van der Waals surface area contributed by atoms with Gasteiger partial charge in [0.15, 0.2) is 0 Å². The average Bonchev–Trinajstić information content (AvgIpc) is 3.14. The summed E-state index contributed by atoms with van der Waals surface area (Å²) in [5, 5.41) is 10.9. The normalized spacial score (nSPS) is 11.4. The maximum atomic E-state index is 11.0. The second-order valence-corrected chi connectivity index (χ2v) is 7.06. The van der Waals surface area contributed by atoms with Gasteiger partial charge in [0.1, 0.15) is 5.58 Å². The summed E-state index contributed by atoms with van der Waals surface area (Å²) < 4.78 is 6.59. The number of nitrogens with zero attached hydrogens (tertiary/aromatic N) is 1. The average molecular weight is 337 g/mol. The van der Waals surface area contributed by atoms with Gasteiger partial charge in [-0.2, -0.15) is 0 Å². The summed E-state index contributed by atoms with van der Waals surface area (Å²) in [6.45, 7) is 2.02. The fraction of sp³-hybridized carbons (Fsp3) is 0.158. The molecule has 0 radical (unpaired) electrons. The van der Waals surface area contributed by atoms with Crippen LogP contribution in [-0.4, -0.2) is 16.1 Å². The Balaban J connectivity index is 1.55. The first-order valence-electron chi connectivity index (χ1n) is 7.70. The monoisotopic (exact) mass is 337 g/mol. The fourth-order valence-electron chi connectivity index (χ4n) is 2.87. The topological polar surface area (TPSA) is 63.3 Å². The highest BCUT2D eigenvalue weighted by atomic mass is 32.1. The maximum absolute atomic E-state index is 11.0. The van der Waals surface area contributed by atoms with Gasteiger partial charge in [0.25, 0.3) is 0 Å². The van der Waals surface area contributed by atoms with Gasteiger partial charge >= 0.3 is 5.97 Å². The van der Waals surface area contributed by atoms with Gasteiger partial charge in [-0.1, -0.05) is 18.2 Å². The highest BCUT2D eigenvalue weighted by Crippen LogP contribution is 2.24. The van der Waals surface area contributed by atoms with Crippen molar-refractivity contribution in [1.29, 1.82) is 0 Å². The summed E-state index contributed by atoms with van der Waals surface area (Å²) in [6.07, 6.45) is 1.78. The van der Waals surface area contributed by atoms with Gasteiger partial charge in [-0.15, -0.1) is 11.3 Å². The van der Waals surface area contributed by atoms with Crippen molar-refractivity contribution >= 4 is 38.5 Å². The number of furan rings is 1. The lowest BCUT2D eigenvalue weighted by Gasteiger charge is -2.02. The Morgan fingerprint density at radius 3 is 2.67 bits per heavy atom. The van der Waals surface area contributed by atoms with Gasteiger partial charge in [0.05, 0.1) is 15.2 Å². The smallest absolute Gasteiger partial charge is 0.371 e. The molecule has 0 fully saturated rings. The van der Waals surface area contributed by atoms with Crippen LogP contribution in [0.4, 0.5) is 0 Å². The number of hydrogen-bond acceptors (Lipinski definition) is 4. The number of fused-ring (bicyclic) bond motifs is 2. The van der Waals surface area contributed by atoms with Crippen molar-refractivity contribution in [1.82, 2.24) is 4.98 Å². The molecule has 2 heterocycles. The first-order chi connectivity index (χ1) is 11.6. The molecule has 0 atom stereocenters. The number of benzene rings is 2. The summed E-state index contributed by atoms with van der Waals surface area (Å²) in [4.78, 5) is 15.5. The molecule has 0 amide bonds. The minimum atomic E-state index is -1.04. The van der Waals surface area contributed by atoms with Crippen molar-refractivity contribution in [3.63, 3.8) is 0 Å². The summed E-state index contributed by atoms with van der Waals surface area (Å²) in [7, 11) is 0. The molecule has 0 spiro atoms. The summed E-state index contributed by atoms with van der Waals surface area (Å²) >= 11 is 1.71. The van der Waals surface area contributed by atoms with Crippen molar-refractivity contribution in [2.45, 2.75) is 19.8 Å². The molecule has 5 heteroatoms. The number of aromatic carboxylic acids is 1. The Bertz CT molecular complexity index is 1060. The lowest BCUT2D eigenvalue weighted by Crippen LogP contribution is -1.91. The highest BCUT2D eigenvalue weighted by molar-refractivity contribution is 7.18. The van der Waals surface area contributed by atoms with E-state index in [1.807, 2.05) is 25.1 Å². The molecule has 0 aliphatic carbocycles. The van der Waals surface area contributed by atoms with Gasteiger partial charge in [-0.25, -0.2) is 9.78 Å². The maximum Gasteiger partial charge on any atom is 0.371 e. The third kappa shape index (κ3) is 2.78. The van der Waals surface area contributed by atoms with Crippen molar-refractivity contribution in [3.05, 3.63) is 64.4 Å². The number of carboxylic acids is 1. The lowest BCUT2D eigenvalue weighted by molar-refractivity contribution is 0.0665. The molecule has 4 aromatic rings. The molecule has 4 rings (SSSR count). The molecule has 4 nitrogen and oxygen atoms in total. The first-order valence-corrected chi connectivity index (χ1v) is 8.52. The van der Waals surface area contributed by atoms with E-state index in [2.05, 4.69) is 23.2 Å². The van der Waals surface area contributed by atoms with Crippen LogP contribution in [-0.2, 0) is 12.8 Å². The molecule has 0 saturated heterocycles.